The van der Waals surface area contributed by atoms with Crippen molar-refractivity contribution in [2.45, 2.75) is 95.9 Å². The van der Waals surface area contributed by atoms with E-state index in [0.29, 0.717) is 12.2 Å². The molecule has 1 amide bonds. The molecule has 25 heavy (non-hydrogen) atoms. The molecule has 0 saturated heterocycles. The summed E-state index contributed by atoms with van der Waals surface area (Å²) in [5, 5.41) is 11.5. The third-order valence-electron chi connectivity index (χ3n) is 4.47. The van der Waals surface area contributed by atoms with Crippen molar-refractivity contribution in [1.29, 1.82) is 0 Å². The second-order valence-electron chi connectivity index (χ2n) is 6.89. The number of thiol groups is 1. The number of amides is 1. The maximum absolute atomic E-state index is 11.6. The number of carbonyl (C=O) groups excluding carboxylic acids is 1. The van der Waals surface area contributed by atoms with Crippen LogP contribution in [-0.2, 0) is 9.59 Å². The van der Waals surface area contributed by atoms with Gasteiger partial charge in [0, 0.05) is 19.4 Å². The van der Waals surface area contributed by atoms with Crippen molar-refractivity contribution in [2.24, 2.45) is 0 Å². The number of nitrogens with one attached hydrogen (secondary N) is 1. The van der Waals surface area contributed by atoms with Crippen molar-refractivity contribution in [3.8, 4) is 0 Å². The quantitative estimate of drug-likeness (QED) is 0.219. The molecule has 0 aliphatic rings. The van der Waals surface area contributed by atoms with E-state index >= 15 is 0 Å². The molecule has 0 aliphatic heterocycles. The summed E-state index contributed by atoms with van der Waals surface area (Å²) in [6.45, 7) is 0.763. The van der Waals surface area contributed by atoms with E-state index in [1.54, 1.807) is 0 Å². The summed E-state index contributed by atoms with van der Waals surface area (Å²) >= 11 is 4.12. The van der Waals surface area contributed by atoms with Gasteiger partial charge in [-0.3, -0.25) is 9.59 Å². The van der Waals surface area contributed by atoms with Gasteiger partial charge in [-0.1, -0.05) is 64.2 Å². The molecule has 5 N–H and O–H groups in total. The fraction of sp³-hybridized carbons (Fsp3) is 0.895. The molecular formula is C19H39N2O3S+. The second-order valence-corrected chi connectivity index (χ2v) is 7.33. The highest BCUT2D eigenvalue weighted by atomic mass is 32.1. The number of hydrogen-bond donors (Lipinski definition) is 4. The molecule has 0 saturated carbocycles. The zero-order chi connectivity index (χ0) is 18.8. The largest absolute Gasteiger partial charge is 0.481 e. The lowest BCUT2D eigenvalue weighted by Gasteiger charge is -2.08. The van der Waals surface area contributed by atoms with E-state index in [4.69, 9.17) is 5.11 Å². The molecule has 5 nitrogen and oxygen atoms in total. The Hall–Kier alpha value is -0.750. The normalized spacial score (nSPS) is 12.1. The number of carboxylic acids is 1. The van der Waals surface area contributed by atoms with E-state index < -0.39 is 5.97 Å². The molecule has 148 valence electrons. The molecule has 0 aromatic rings. The third-order valence-corrected chi connectivity index (χ3v) is 4.72. The summed E-state index contributed by atoms with van der Waals surface area (Å²) in [6, 6.07) is -0.172. The summed E-state index contributed by atoms with van der Waals surface area (Å²) in [6.07, 6.45) is 15.3. The number of rotatable bonds is 18. The molecule has 1 atom stereocenters. The summed E-state index contributed by atoms with van der Waals surface area (Å²) in [7, 11) is 0. The fourth-order valence-corrected chi connectivity index (χ4v) is 3.12. The van der Waals surface area contributed by atoms with E-state index in [1.165, 1.54) is 57.8 Å². The Labute approximate surface area is 158 Å². The third kappa shape index (κ3) is 17.9. The number of unbranched alkanes of at least 4 members (excludes halogenated alkanes) is 11. The van der Waals surface area contributed by atoms with Gasteiger partial charge in [-0.25, -0.2) is 0 Å². The Kier molecular flexibility index (Phi) is 17.5. The predicted octanol–water partition coefficient (Wildman–Crippen LogP) is 3.19. The topological polar surface area (TPSA) is 94.0 Å². The van der Waals surface area contributed by atoms with Crippen LogP contribution in [0.2, 0.25) is 0 Å². The first-order valence-electron chi connectivity index (χ1n) is 10.0. The van der Waals surface area contributed by atoms with Crippen LogP contribution in [0.3, 0.4) is 0 Å². The minimum Gasteiger partial charge on any atom is -0.481 e. The van der Waals surface area contributed by atoms with E-state index in [2.05, 4.69) is 23.7 Å². The number of quaternary nitrogens is 1. The van der Waals surface area contributed by atoms with Gasteiger partial charge in [0.05, 0.1) is 0 Å². The molecule has 0 spiro atoms. The van der Waals surface area contributed by atoms with Gasteiger partial charge in [0.2, 0.25) is 0 Å². The fourth-order valence-electron chi connectivity index (χ4n) is 2.81. The molecule has 0 heterocycles. The molecule has 6 heteroatoms. The van der Waals surface area contributed by atoms with Crippen LogP contribution in [0.1, 0.15) is 89.9 Å². The molecule has 0 bridgehead atoms. The Morgan fingerprint density at radius 1 is 0.840 bits per heavy atom. The summed E-state index contributed by atoms with van der Waals surface area (Å²) in [5.41, 5.74) is 3.83. The van der Waals surface area contributed by atoms with E-state index in [1.807, 2.05) is 0 Å². The lowest BCUT2D eigenvalue weighted by Crippen LogP contribution is -2.67. The zero-order valence-electron chi connectivity index (χ0n) is 15.8. The maximum atomic E-state index is 11.6. The van der Waals surface area contributed by atoms with Gasteiger partial charge in [0.15, 0.2) is 6.04 Å². The SMILES string of the molecule is [NH3+]C(CCS)C(=O)NCCCCCCCCCCCCCCC(=O)O. The smallest absolute Gasteiger partial charge is 0.303 e. The van der Waals surface area contributed by atoms with Crippen LogP contribution in [0.4, 0.5) is 0 Å². The average molecular weight is 376 g/mol. The summed E-state index contributed by atoms with van der Waals surface area (Å²) < 4.78 is 0. The number of aliphatic carboxylic acids is 1. The van der Waals surface area contributed by atoms with Crippen LogP contribution >= 0.6 is 12.6 Å². The highest BCUT2D eigenvalue weighted by molar-refractivity contribution is 7.80. The first-order chi connectivity index (χ1) is 12.1. The van der Waals surface area contributed by atoms with Gasteiger partial charge in [0.25, 0.3) is 5.91 Å². The van der Waals surface area contributed by atoms with Crippen LogP contribution in [0.15, 0.2) is 0 Å². The van der Waals surface area contributed by atoms with Crippen LogP contribution in [0, 0.1) is 0 Å². The Morgan fingerprint density at radius 2 is 1.28 bits per heavy atom. The zero-order valence-corrected chi connectivity index (χ0v) is 16.7. The van der Waals surface area contributed by atoms with Gasteiger partial charge >= 0.3 is 5.97 Å². The van der Waals surface area contributed by atoms with E-state index in [0.717, 1.165) is 32.2 Å². The Morgan fingerprint density at radius 3 is 1.72 bits per heavy atom. The van der Waals surface area contributed by atoms with Crippen molar-refractivity contribution in [3.05, 3.63) is 0 Å². The van der Waals surface area contributed by atoms with Crippen LogP contribution in [0.25, 0.3) is 0 Å². The second kappa shape index (κ2) is 18.1. The van der Waals surface area contributed by atoms with Crippen molar-refractivity contribution < 1.29 is 20.4 Å². The standard InChI is InChI=1S/C19H38N2O3S/c20-17(14-16-25)19(24)21-15-12-10-8-6-4-2-1-3-5-7-9-11-13-18(22)23/h17,25H,1-16,20H2,(H,21,24)(H,22,23)/p+1. The van der Waals surface area contributed by atoms with Crippen molar-refractivity contribution in [1.82, 2.24) is 5.32 Å². The summed E-state index contributed by atoms with van der Waals surface area (Å²) in [5.74, 6) is 0.0752. The molecule has 0 aromatic heterocycles. The molecule has 0 rings (SSSR count). The number of carboxylic acid groups (broad SMARTS) is 1. The van der Waals surface area contributed by atoms with Crippen LogP contribution in [0.5, 0.6) is 0 Å². The monoisotopic (exact) mass is 375 g/mol. The minimum absolute atomic E-state index is 0.0528. The van der Waals surface area contributed by atoms with Crippen molar-refractivity contribution in [3.63, 3.8) is 0 Å². The molecule has 0 fully saturated rings. The molecule has 1 unspecified atom stereocenters. The Bertz CT molecular complexity index is 341. The van der Waals surface area contributed by atoms with E-state index in [-0.39, 0.29) is 11.9 Å². The first-order valence-corrected chi connectivity index (χ1v) is 10.6. The maximum Gasteiger partial charge on any atom is 0.303 e. The molecule has 0 aromatic carbocycles. The number of carbonyl (C=O) groups is 2. The lowest BCUT2D eigenvalue weighted by molar-refractivity contribution is -0.403. The molecule has 0 aliphatic carbocycles. The lowest BCUT2D eigenvalue weighted by atomic mass is 10.0. The Balaban J connectivity index is 3.16. The molecular weight excluding hydrogens is 336 g/mol. The van der Waals surface area contributed by atoms with Gasteiger partial charge in [0.1, 0.15) is 0 Å². The highest BCUT2D eigenvalue weighted by Crippen LogP contribution is 2.12. The van der Waals surface area contributed by atoms with Gasteiger partial charge in [-0.2, -0.15) is 12.6 Å². The highest BCUT2D eigenvalue weighted by Gasteiger charge is 2.14. The molecule has 0 radical (unpaired) electrons. The van der Waals surface area contributed by atoms with Crippen LogP contribution < -0.4 is 11.1 Å². The van der Waals surface area contributed by atoms with Crippen LogP contribution in [-0.4, -0.2) is 35.3 Å². The van der Waals surface area contributed by atoms with E-state index in [9.17, 15) is 9.59 Å². The average Bonchev–Trinajstić information content (AvgIpc) is 2.58. The summed E-state index contributed by atoms with van der Waals surface area (Å²) in [4.78, 5) is 22.0. The predicted molar refractivity (Wildman–Crippen MR) is 106 cm³/mol. The van der Waals surface area contributed by atoms with Gasteiger partial charge < -0.3 is 16.2 Å². The van der Waals surface area contributed by atoms with Crippen molar-refractivity contribution in [2.75, 3.05) is 12.3 Å². The van der Waals surface area contributed by atoms with Crippen molar-refractivity contribution >= 4 is 24.5 Å². The van der Waals surface area contributed by atoms with Gasteiger partial charge in [-0.15, -0.1) is 0 Å². The first kappa shape index (κ1) is 24.2. The van der Waals surface area contributed by atoms with Gasteiger partial charge in [-0.05, 0) is 18.6 Å². The number of hydrogen-bond acceptors (Lipinski definition) is 3. The minimum atomic E-state index is -0.678.